The van der Waals surface area contributed by atoms with Gasteiger partial charge in [0.1, 0.15) is 0 Å². The van der Waals surface area contributed by atoms with Gasteiger partial charge in [0, 0.05) is 32.1 Å². The van der Waals surface area contributed by atoms with Gasteiger partial charge in [-0.15, -0.1) is 0 Å². The summed E-state index contributed by atoms with van der Waals surface area (Å²) in [5, 5.41) is 10.0. The van der Waals surface area contributed by atoms with Crippen LogP contribution in [-0.2, 0) is 41.8 Å². The zero-order valence-electron chi connectivity index (χ0n) is 32.4. The fourth-order valence-corrected chi connectivity index (χ4v) is 46.6. The first kappa shape index (κ1) is 46.3. The van der Waals surface area contributed by atoms with Gasteiger partial charge in [-0.2, -0.15) is 0 Å². The lowest BCUT2D eigenvalue weighted by atomic mass is 10.5. The molecule has 0 aromatic carbocycles. The third-order valence-electron chi connectivity index (χ3n) is 4.62. The molecule has 0 radical (unpaired) electrons. The van der Waals surface area contributed by atoms with Gasteiger partial charge in [-0.1, -0.05) is 0 Å². The van der Waals surface area contributed by atoms with Gasteiger partial charge < -0.3 is 42.1 Å². The van der Waals surface area contributed by atoms with Gasteiger partial charge in [0.15, 0.2) is 49.9 Å². The Morgan fingerprint density at radius 1 is 0.378 bits per heavy atom. The summed E-state index contributed by atoms with van der Waals surface area (Å²) >= 11 is 0. The first-order chi connectivity index (χ1) is 19.3. The molecule has 0 saturated heterocycles. The van der Waals surface area contributed by atoms with Crippen LogP contribution < -0.4 is 0 Å². The number of carboxylic acids is 1. The highest BCUT2D eigenvalue weighted by molar-refractivity contribution is 6.95. The third-order valence-corrected chi connectivity index (χ3v) is 37.3. The van der Waals surface area contributed by atoms with Crippen LogP contribution in [0.2, 0.25) is 144 Å². The van der Waals surface area contributed by atoms with E-state index in [0.717, 1.165) is 0 Å². The predicted octanol–water partition coefficient (Wildman–Crippen LogP) is 8.26. The summed E-state index contributed by atoms with van der Waals surface area (Å²) in [5.74, 6) is -0.996. The highest BCUT2D eigenvalue weighted by Gasteiger charge is 2.63. The summed E-state index contributed by atoms with van der Waals surface area (Å²) in [6.45, 7) is 43.2. The zero-order valence-corrected chi connectivity index (χ0v) is 42.4. The minimum atomic E-state index is -4.18. The van der Waals surface area contributed by atoms with Crippen LogP contribution in [0.15, 0.2) is 0 Å². The summed E-state index contributed by atoms with van der Waals surface area (Å²) in [7, 11) is -28.4. The summed E-state index contributed by atoms with van der Waals surface area (Å²) in [6.07, 6.45) is -0.259. The van der Waals surface area contributed by atoms with E-state index < -0.39 is 91.1 Å². The van der Waals surface area contributed by atoms with Crippen LogP contribution in [0.1, 0.15) is 6.42 Å². The van der Waals surface area contributed by atoms with Crippen LogP contribution in [0.4, 0.5) is 0 Å². The maximum absolute atomic E-state index is 12.3. The molecule has 0 saturated carbocycles. The van der Waals surface area contributed by atoms with Gasteiger partial charge in [0.25, 0.3) is 0 Å². The van der Waals surface area contributed by atoms with Crippen LogP contribution in [0.5, 0.6) is 0 Å². The van der Waals surface area contributed by atoms with Crippen molar-refractivity contribution < 1.29 is 46.9 Å². The number of aliphatic carboxylic acids is 1. The van der Waals surface area contributed by atoms with Crippen molar-refractivity contribution in [2.24, 2.45) is 0 Å². The second-order valence-corrected chi connectivity index (χ2v) is 57.5. The van der Waals surface area contributed by atoms with E-state index >= 15 is 0 Å². The number of carbonyl (C=O) groups is 1. The molecule has 11 nitrogen and oxygen atoms in total. The van der Waals surface area contributed by atoms with E-state index in [1.54, 1.807) is 0 Å². The monoisotopic (exact) mass is 812 g/mol. The number of carboxylic acid groups (broad SMARTS) is 1. The molecule has 0 rings (SSSR count). The van der Waals surface area contributed by atoms with Crippen molar-refractivity contribution in [1.29, 1.82) is 0 Å². The number of hydrogen-bond donors (Lipinski definition) is 1. The van der Waals surface area contributed by atoms with Crippen LogP contribution in [0, 0.1) is 0 Å². The van der Waals surface area contributed by atoms with Gasteiger partial charge in [-0.05, 0) is 118 Å². The van der Waals surface area contributed by atoms with Crippen LogP contribution in [0.25, 0.3) is 0 Å². The molecule has 0 aromatic heterocycles. The highest BCUT2D eigenvalue weighted by atomic mass is 28.6. The number of rotatable bonds is 21. The Hall–Kier alpha value is 1.28. The molecule has 0 fully saturated rings. The topological polar surface area (TPSA) is 120 Å². The Balaban J connectivity index is 7.86. The predicted molar refractivity (Wildman–Crippen MR) is 208 cm³/mol. The number of hydrogen-bond acceptors (Lipinski definition) is 10. The third kappa shape index (κ3) is 22.6. The molecule has 0 amide bonds. The molecule has 1 N–H and O–H groups in total. The van der Waals surface area contributed by atoms with E-state index in [9.17, 15) is 9.90 Å². The minimum Gasteiger partial charge on any atom is -0.481 e. The molecule has 0 bridgehead atoms. The Morgan fingerprint density at radius 3 is 0.689 bits per heavy atom. The average Bonchev–Trinajstić information content (AvgIpc) is 2.54. The standard InChI is InChI=1S/C24H68O11Si10/c1-36(2,3)27-42(19,28-37(4,5)6)33-45(23-22-24(25)26,34-43(20,29-38(7,8)9)30-39(10,11)12)35-44(21,31-40(13,14)15)32-41(16,17)18/h22-23H2,1-21H3,(H,25,26). The van der Waals surface area contributed by atoms with Gasteiger partial charge in [0.05, 0.1) is 0 Å². The SMILES string of the molecule is C[Si](C)(C)O[Si](C)(O[Si](C)(C)C)O[Si](CCC(=O)O)(O[Si](C)(O[Si](C)(C)C)O[Si](C)(C)C)O[Si](C)(O[Si](C)(C)C)O[Si](C)(C)C. The molecule has 270 valence electrons. The second-order valence-electron chi connectivity index (χ2n) is 17.8. The van der Waals surface area contributed by atoms with E-state index in [-0.39, 0.29) is 12.5 Å². The molecular weight excluding hydrogens is 745 g/mol. The van der Waals surface area contributed by atoms with Crippen molar-refractivity contribution in [3.8, 4) is 0 Å². The van der Waals surface area contributed by atoms with Gasteiger partial charge in [-0.3, -0.25) is 4.79 Å². The van der Waals surface area contributed by atoms with E-state index in [0.29, 0.717) is 0 Å². The fourth-order valence-electron chi connectivity index (χ4n) is 4.85. The maximum atomic E-state index is 12.3. The minimum absolute atomic E-state index is 0.0472. The molecule has 45 heavy (non-hydrogen) atoms. The first-order valence-electron chi connectivity index (χ1n) is 15.8. The van der Waals surface area contributed by atoms with Crippen LogP contribution in [0.3, 0.4) is 0 Å². The Labute approximate surface area is 286 Å². The highest BCUT2D eigenvalue weighted by Crippen LogP contribution is 2.37. The second kappa shape index (κ2) is 15.7. The van der Waals surface area contributed by atoms with Crippen molar-refractivity contribution in [3.05, 3.63) is 0 Å². The van der Waals surface area contributed by atoms with Gasteiger partial charge >= 0.3 is 41.2 Å². The summed E-state index contributed by atoms with van der Waals surface area (Å²) in [6, 6.07) is -0.0472. The van der Waals surface area contributed by atoms with Crippen molar-refractivity contribution >= 4 is 91.1 Å². The van der Waals surface area contributed by atoms with Crippen LogP contribution >= 0.6 is 0 Å². The summed E-state index contributed by atoms with van der Waals surface area (Å²) in [4.78, 5) is 12.3. The fraction of sp³-hybridized carbons (Fsp3) is 0.958. The Kier molecular flexibility index (Phi) is 16.1. The zero-order chi connectivity index (χ0) is 36.4. The van der Waals surface area contributed by atoms with E-state index in [2.05, 4.69) is 118 Å². The maximum Gasteiger partial charge on any atom is 0.479 e. The molecule has 0 aromatic rings. The lowest BCUT2D eigenvalue weighted by Crippen LogP contribution is -2.71. The van der Waals surface area contributed by atoms with Crippen molar-refractivity contribution in [2.45, 2.75) is 150 Å². The van der Waals surface area contributed by atoms with Crippen molar-refractivity contribution in [1.82, 2.24) is 0 Å². The molecule has 0 atom stereocenters. The molecule has 0 unspecified atom stereocenters. The summed E-state index contributed by atoms with van der Waals surface area (Å²) < 4.78 is 62.3. The van der Waals surface area contributed by atoms with E-state index in [4.69, 9.17) is 37.0 Å². The molecular formula is C24H68O11Si10. The van der Waals surface area contributed by atoms with Crippen molar-refractivity contribution in [2.75, 3.05) is 0 Å². The normalized spacial score (nSPS) is 15.5. The van der Waals surface area contributed by atoms with E-state index in [1.807, 2.05) is 19.6 Å². The Bertz CT molecular complexity index is 806. The molecule has 0 spiro atoms. The summed E-state index contributed by atoms with van der Waals surface area (Å²) in [5.41, 5.74) is 0. The lowest BCUT2D eigenvalue weighted by molar-refractivity contribution is -0.136. The molecule has 0 heterocycles. The first-order valence-corrected chi connectivity index (χ1v) is 44.9. The Morgan fingerprint density at radius 2 is 0.556 bits per heavy atom. The molecule has 0 aliphatic heterocycles. The molecule has 0 aliphatic carbocycles. The quantitative estimate of drug-likeness (QED) is 0.113. The molecule has 21 heteroatoms. The van der Waals surface area contributed by atoms with Gasteiger partial charge in [-0.25, -0.2) is 0 Å². The van der Waals surface area contributed by atoms with Gasteiger partial charge in [0.2, 0.25) is 0 Å². The smallest absolute Gasteiger partial charge is 0.479 e. The van der Waals surface area contributed by atoms with Crippen LogP contribution in [-0.4, -0.2) is 96.2 Å². The average molecular weight is 814 g/mol. The largest absolute Gasteiger partial charge is 0.481 e. The van der Waals surface area contributed by atoms with Crippen molar-refractivity contribution in [3.63, 3.8) is 0 Å². The lowest BCUT2D eigenvalue weighted by Gasteiger charge is -2.49. The molecule has 0 aliphatic rings. The van der Waals surface area contributed by atoms with E-state index in [1.165, 1.54) is 0 Å².